The molecular formula is C11H12BrN5O. The van der Waals surface area contributed by atoms with Gasteiger partial charge >= 0.3 is 0 Å². The number of hydrogen-bond acceptors (Lipinski definition) is 5. The summed E-state index contributed by atoms with van der Waals surface area (Å²) in [5.74, 6) is 0.846. The maximum absolute atomic E-state index is 10.1. The summed E-state index contributed by atoms with van der Waals surface area (Å²) < 4.78 is 2.62. The molecule has 1 N–H and O–H groups in total. The zero-order valence-corrected chi connectivity index (χ0v) is 11.1. The number of halogens is 1. The van der Waals surface area contributed by atoms with Crippen LogP contribution in [0, 0.1) is 0 Å². The molecule has 0 aromatic carbocycles. The highest BCUT2D eigenvalue weighted by Gasteiger charge is 2.34. The molecule has 18 heavy (non-hydrogen) atoms. The molecule has 3 rings (SSSR count). The van der Waals surface area contributed by atoms with Gasteiger partial charge in [-0.25, -0.2) is 9.67 Å². The first-order valence-electron chi connectivity index (χ1n) is 5.65. The summed E-state index contributed by atoms with van der Waals surface area (Å²) in [4.78, 5) is 6.38. The zero-order valence-electron chi connectivity index (χ0n) is 9.52. The number of aliphatic hydroxyl groups excluding tert-OH is 1. The number of β-amino-alcohol motifs (C(OH)–C–C–N with tert-alkyl or cyclic N) is 1. The van der Waals surface area contributed by atoms with Crippen molar-refractivity contribution in [3.05, 3.63) is 35.2 Å². The van der Waals surface area contributed by atoms with Gasteiger partial charge < -0.3 is 10.0 Å². The second-order valence-corrected chi connectivity index (χ2v) is 5.09. The van der Waals surface area contributed by atoms with Crippen molar-refractivity contribution in [3.8, 4) is 0 Å². The highest BCUT2D eigenvalue weighted by molar-refractivity contribution is 9.10. The molecule has 1 saturated heterocycles. The van der Waals surface area contributed by atoms with E-state index >= 15 is 0 Å². The van der Waals surface area contributed by atoms with Gasteiger partial charge in [0, 0.05) is 25.5 Å². The molecule has 2 aromatic rings. The smallest absolute Gasteiger partial charge is 0.143 e. The number of hydrogen-bond donors (Lipinski definition) is 1. The third-order valence-electron chi connectivity index (χ3n) is 3.08. The molecule has 1 aliphatic rings. The van der Waals surface area contributed by atoms with Gasteiger partial charge in [0.2, 0.25) is 0 Å². The van der Waals surface area contributed by atoms with Crippen LogP contribution in [0.25, 0.3) is 0 Å². The molecule has 0 unspecified atom stereocenters. The second kappa shape index (κ2) is 4.66. The van der Waals surface area contributed by atoms with E-state index < -0.39 is 6.10 Å². The molecule has 1 fully saturated rings. The van der Waals surface area contributed by atoms with E-state index in [4.69, 9.17) is 0 Å². The van der Waals surface area contributed by atoms with Crippen LogP contribution in [0.1, 0.15) is 6.04 Å². The molecule has 0 bridgehead atoms. The number of aromatic nitrogens is 4. The Hall–Kier alpha value is -1.47. The van der Waals surface area contributed by atoms with E-state index in [0.29, 0.717) is 13.1 Å². The predicted octanol–water partition coefficient (Wildman–Crippen LogP) is 0.858. The zero-order chi connectivity index (χ0) is 12.5. The lowest BCUT2D eigenvalue weighted by molar-refractivity contribution is 0.144. The monoisotopic (exact) mass is 309 g/mol. The van der Waals surface area contributed by atoms with E-state index in [1.165, 1.54) is 0 Å². The normalized spacial score (nSPS) is 23.6. The molecule has 94 valence electrons. The maximum Gasteiger partial charge on any atom is 0.143 e. The molecule has 2 aromatic heterocycles. The first-order valence-corrected chi connectivity index (χ1v) is 6.44. The molecule has 0 amide bonds. The van der Waals surface area contributed by atoms with Crippen molar-refractivity contribution in [1.82, 2.24) is 20.0 Å². The van der Waals surface area contributed by atoms with Crippen molar-refractivity contribution in [2.45, 2.75) is 12.1 Å². The van der Waals surface area contributed by atoms with Gasteiger partial charge in [0.15, 0.2) is 0 Å². The summed E-state index contributed by atoms with van der Waals surface area (Å²) in [5, 5.41) is 17.8. The number of pyridine rings is 1. The maximum atomic E-state index is 10.1. The standard InChI is InChI=1S/C11H12BrN5O/c12-8-2-1-3-13-11(8)16-6-9(10(18)7-16)17-5-4-14-15-17/h1-5,9-10,18H,6-7H2/t9-,10-/m1/s1. The van der Waals surface area contributed by atoms with Crippen LogP contribution in [0.4, 0.5) is 5.82 Å². The number of aliphatic hydroxyl groups is 1. The summed E-state index contributed by atoms with van der Waals surface area (Å²) in [6.45, 7) is 1.21. The van der Waals surface area contributed by atoms with Gasteiger partial charge in [-0.1, -0.05) is 5.21 Å². The molecule has 6 nitrogen and oxygen atoms in total. The summed E-state index contributed by atoms with van der Waals surface area (Å²) in [6.07, 6.45) is 4.66. The van der Waals surface area contributed by atoms with Crippen molar-refractivity contribution >= 4 is 21.7 Å². The number of rotatable bonds is 2. The van der Waals surface area contributed by atoms with Crippen LogP contribution in [0.15, 0.2) is 35.2 Å². The van der Waals surface area contributed by atoms with Crippen molar-refractivity contribution in [3.63, 3.8) is 0 Å². The van der Waals surface area contributed by atoms with Gasteiger partial charge in [0.1, 0.15) is 5.82 Å². The van der Waals surface area contributed by atoms with E-state index in [9.17, 15) is 5.11 Å². The van der Waals surface area contributed by atoms with Crippen LogP contribution in [0.2, 0.25) is 0 Å². The average molecular weight is 310 g/mol. The van der Waals surface area contributed by atoms with Gasteiger partial charge in [-0.3, -0.25) is 0 Å². The van der Waals surface area contributed by atoms with Gasteiger partial charge in [0.25, 0.3) is 0 Å². The third kappa shape index (κ3) is 1.99. The van der Waals surface area contributed by atoms with Crippen molar-refractivity contribution in [2.24, 2.45) is 0 Å². The van der Waals surface area contributed by atoms with Crippen molar-refractivity contribution in [1.29, 1.82) is 0 Å². The Labute approximate surface area is 112 Å². The number of anilines is 1. The minimum Gasteiger partial charge on any atom is -0.389 e. The van der Waals surface area contributed by atoms with Crippen LogP contribution in [-0.4, -0.2) is 44.3 Å². The van der Waals surface area contributed by atoms with E-state index in [-0.39, 0.29) is 6.04 Å². The van der Waals surface area contributed by atoms with Gasteiger partial charge in [-0.15, -0.1) is 5.10 Å². The second-order valence-electron chi connectivity index (χ2n) is 4.23. The average Bonchev–Trinajstić information content (AvgIpc) is 2.98. The third-order valence-corrected chi connectivity index (χ3v) is 3.70. The fraction of sp³-hybridized carbons (Fsp3) is 0.364. The first kappa shape index (κ1) is 11.6. The molecular weight excluding hydrogens is 298 g/mol. The highest BCUT2D eigenvalue weighted by atomic mass is 79.9. The molecule has 0 saturated carbocycles. The minimum absolute atomic E-state index is 0.0820. The fourth-order valence-corrected chi connectivity index (χ4v) is 2.71. The molecule has 1 aliphatic heterocycles. The molecule has 0 spiro atoms. The Morgan fingerprint density at radius 3 is 2.94 bits per heavy atom. The van der Waals surface area contributed by atoms with Crippen LogP contribution in [0.5, 0.6) is 0 Å². The Kier molecular flexibility index (Phi) is 3.00. The Morgan fingerprint density at radius 1 is 1.33 bits per heavy atom. The van der Waals surface area contributed by atoms with E-state index in [0.717, 1.165) is 10.3 Å². The first-order chi connectivity index (χ1) is 8.75. The van der Waals surface area contributed by atoms with Gasteiger partial charge in [-0.05, 0) is 28.1 Å². The summed E-state index contributed by atoms with van der Waals surface area (Å²) in [5.41, 5.74) is 0. The SMILES string of the molecule is O[C@@H]1CN(c2ncccc2Br)C[C@H]1n1ccnn1. The quantitative estimate of drug-likeness (QED) is 0.891. The largest absolute Gasteiger partial charge is 0.389 e. The molecule has 3 heterocycles. The van der Waals surface area contributed by atoms with Crippen LogP contribution >= 0.6 is 15.9 Å². The van der Waals surface area contributed by atoms with Crippen LogP contribution < -0.4 is 4.90 Å². The van der Waals surface area contributed by atoms with Gasteiger partial charge in [0.05, 0.1) is 22.8 Å². The Balaban J connectivity index is 1.84. The Morgan fingerprint density at radius 2 is 2.22 bits per heavy atom. The van der Waals surface area contributed by atoms with E-state index in [1.807, 2.05) is 17.0 Å². The summed E-state index contributed by atoms with van der Waals surface area (Å²) in [7, 11) is 0. The minimum atomic E-state index is -0.472. The summed E-state index contributed by atoms with van der Waals surface area (Å²) >= 11 is 3.47. The van der Waals surface area contributed by atoms with Crippen molar-refractivity contribution < 1.29 is 5.11 Å². The lowest BCUT2D eigenvalue weighted by atomic mass is 10.2. The van der Waals surface area contributed by atoms with Crippen LogP contribution in [0.3, 0.4) is 0 Å². The molecule has 7 heteroatoms. The predicted molar refractivity (Wildman–Crippen MR) is 69.2 cm³/mol. The molecule has 2 atom stereocenters. The lowest BCUT2D eigenvalue weighted by Crippen LogP contribution is -2.22. The Bertz CT molecular complexity index is 532. The van der Waals surface area contributed by atoms with E-state index in [2.05, 4.69) is 31.2 Å². The molecule has 0 radical (unpaired) electrons. The fourth-order valence-electron chi connectivity index (χ4n) is 2.21. The van der Waals surface area contributed by atoms with Crippen LogP contribution in [-0.2, 0) is 0 Å². The topological polar surface area (TPSA) is 67.1 Å². The summed E-state index contributed by atoms with van der Waals surface area (Å²) in [6, 6.07) is 3.73. The lowest BCUT2D eigenvalue weighted by Gasteiger charge is -2.18. The number of nitrogens with zero attached hydrogens (tertiary/aromatic N) is 5. The molecule has 0 aliphatic carbocycles. The van der Waals surface area contributed by atoms with E-state index in [1.54, 1.807) is 23.3 Å². The van der Waals surface area contributed by atoms with Crippen molar-refractivity contribution in [2.75, 3.05) is 18.0 Å². The van der Waals surface area contributed by atoms with Gasteiger partial charge in [-0.2, -0.15) is 0 Å². The highest BCUT2D eigenvalue weighted by Crippen LogP contribution is 2.30.